The molecule has 0 amide bonds. The lowest BCUT2D eigenvalue weighted by molar-refractivity contribution is -0.139. The van der Waals surface area contributed by atoms with Crippen molar-refractivity contribution in [1.29, 1.82) is 0 Å². The van der Waals surface area contributed by atoms with Crippen molar-refractivity contribution in [3.05, 3.63) is 250 Å². The van der Waals surface area contributed by atoms with Crippen molar-refractivity contribution in [2.75, 3.05) is 19.6 Å². The fourth-order valence-electron chi connectivity index (χ4n) is 11.0. The maximum atomic E-state index is 18.4. The van der Waals surface area contributed by atoms with E-state index in [2.05, 4.69) is 0 Å². The van der Waals surface area contributed by atoms with Gasteiger partial charge >= 0.3 is 12.4 Å². The summed E-state index contributed by atoms with van der Waals surface area (Å²) in [4.78, 5) is 5.65. The summed E-state index contributed by atoms with van der Waals surface area (Å²) in [5.41, 5.74) is 0.451. The smallest absolute Gasteiger partial charge is 0.307 e. The molecular formula is C64H40F6N4. The van der Waals surface area contributed by atoms with Crippen LogP contribution in [0.1, 0.15) is 55.6 Å². The van der Waals surface area contributed by atoms with Crippen LogP contribution in [0.3, 0.4) is 0 Å². The zero-order chi connectivity index (χ0) is 50.3. The van der Waals surface area contributed by atoms with Crippen molar-refractivity contribution in [2.24, 2.45) is 0 Å². The fourth-order valence-corrected chi connectivity index (χ4v) is 11.0. The second kappa shape index (κ2) is 17.2. The minimum absolute atomic E-state index is 0.245. The maximum Gasteiger partial charge on any atom is 0.420 e. The minimum Gasteiger partial charge on any atom is -0.307 e. The second-order valence-corrected chi connectivity index (χ2v) is 18.3. The first kappa shape index (κ1) is 44.6. The van der Waals surface area contributed by atoms with Gasteiger partial charge in [-0.15, -0.1) is 0 Å². The van der Waals surface area contributed by atoms with Crippen LogP contribution in [0.4, 0.5) is 94.6 Å². The number of para-hydroxylation sites is 8. The van der Waals surface area contributed by atoms with Crippen LogP contribution in [-0.4, -0.2) is 0 Å². The number of nitrogens with zero attached hydrogens (tertiary/aromatic N) is 4. The molecule has 9 aromatic rings. The van der Waals surface area contributed by atoms with Gasteiger partial charge in [0.2, 0.25) is 0 Å². The molecule has 0 unspecified atom stereocenters. The Morgan fingerprint density at radius 2 is 0.338 bits per heavy atom. The zero-order valence-electron chi connectivity index (χ0n) is 39.2. The molecule has 4 nitrogen and oxygen atoms in total. The Morgan fingerprint density at radius 1 is 0.203 bits per heavy atom. The summed E-state index contributed by atoms with van der Waals surface area (Å²) < 4.78 is 110. The number of hydrogen-bond acceptors (Lipinski definition) is 4. The number of hydrogen-bond donors (Lipinski definition) is 0. The highest BCUT2D eigenvalue weighted by molar-refractivity contribution is 6.12. The molecule has 4 heterocycles. The Kier molecular flexibility index (Phi) is 10.4. The summed E-state index contributed by atoms with van der Waals surface area (Å²) in [6.07, 6.45) is 3.60. The standard InChI is InChI=1S/C64H40F6N4/c65-63(66,67)57-59(71-49-25-9-1-17-41(49)33-34-42-18-2-10-26-50(42)71)60(72-51-27-11-3-19-43(51)35-36-44-20-4-12-28-52(44)72)58(64(68,69)70)62(74-55-31-15-7-23-47(55)39-40-48-24-8-16-32-56(48)74)61(57)73-53-29-13-5-21-45(53)37-38-46-22-6-14-30-54(46)73/h1-40H. The molecule has 4 aliphatic rings. The van der Waals surface area contributed by atoms with Gasteiger partial charge in [0.15, 0.2) is 0 Å². The Bertz CT molecular complexity index is 3200. The molecule has 9 aromatic carbocycles. The Hall–Kier alpha value is -9.28. The average Bonchev–Trinajstić information content (AvgIpc) is 3.86. The van der Waals surface area contributed by atoms with Gasteiger partial charge in [0, 0.05) is 0 Å². The first-order valence-electron chi connectivity index (χ1n) is 24.1. The van der Waals surface area contributed by atoms with Gasteiger partial charge in [-0.05, 0) is 93.0 Å². The van der Waals surface area contributed by atoms with E-state index < -0.39 is 46.2 Å². The average molecular weight is 979 g/mol. The van der Waals surface area contributed by atoms with Gasteiger partial charge in [0.05, 0.1) is 68.2 Å². The van der Waals surface area contributed by atoms with E-state index in [4.69, 9.17) is 0 Å². The van der Waals surface area contributed by atoms with E-state index in [9.17, 15) is 0 Å². The number of halogens is 6. The van der Waals surface area contributed by atoms with Crippen molar-refractivity contribution >= 4 is 117 Å². The van der Waals surface area contributed by atoms with Gasteiger partial charge in [-0.3, -0.25) is 0 Å². The monoisotopic (exact) mass is 978 g/mol. The van der Waals surface area contributed by atoms with Crippen LogP contribution in [0.2, 0.25) is 0 Å². The van der Waals surface area contributed by atoms with Crippen LogP contribution in [0, 0.1) is 0 Å². The molecule has 74 heavy (non-hydrogen) atoms. The number of fused-ring (bicyclic) bond motifs is 8. The van der Waals surface area contributed by atoms with E-state index in [1.165, 1.54) is 19.6 Å². The number of rotatable bonds is 4. The third kappa shape index (κ3) is 7.16. The number of alkyl halides is 6. The Balaban J connectivity index is 1.36. The third-order valence-corrected chi connectivity index (χ3v) is 14.0. The molecule has 358 valence electrons. The van der Waals surface area contributed by atoms with E-state index >= 15 is 26.3 Å². The minimum atomic E-state index is -5.39. The second-order valence-electron chi connectivity index (χ2n) is 18.3. The molecule has 0 saturated heterocycles. The van der Waals surface area contributed by atoms with Crippen LogP contribution >= 0.6 is 0 Å². The van der Waals surface area contributed by atoms with E-state index in [-0.39, 0.29) is 45.5 Å². The summed E-state index contributed by atoms with van der Waals surface area (Å²) >= 11 is 0. The normalized spacial score (nSPS) is 14.0. The molecule has 0 aliphatic carbocycles. The van der Waals surface area contributed by atoms with Gasteiger partial charge in [-0.25, -0.2) is 0 Å². The molecule has 0 aromatic heterocycles. The molecule has 0 atom stereocenters. The van der Waals surface area contributed by atoms with Crippen molar-refractivity contribution in [1.82, 2.24) is 0 Å². The molecule has 0 bridgehead atoms. The molecule has 10 heteroatoms. The summed E-state index contributed by atoms with van der Waals surface area (Å²) in [7, 11) is 0. The predicted octanol–water partition coefficient (Wildman–Crippen LogP) is 19.5. The van der Waals surface area contributed by atoms with E-state index in [1.807, 2.05) is 0 Å². The zero-order valence-corrected chi connectivity index (χ0v) is 39.2. The third-order valence-electron chi connectivity index (χ3n) is 14.0. The van der Waals surface area contributed by atoms with Crippen molar-refractivity contribution < 1.29 is 26.3 Å². The first-order chi connectivity index (χ1) is 36.0. The van der Waals surface area contributed by atoms with Gasteiger partial charge in [0.25, 0.3) is 0 Å². The van der Waals surface area contributed by atoms with Crippen molar-refractivity contribution in [3.63, 3.8) is 0 Å². The van der Waals surface area contributed by atoms with E-state index in [0.717, 1.165) is 0 Å². The highest BCUT2D eigenvalue weighted by Crippen LogP contribution is 2.67. The highest BCUT2D eigenvalue weighted by Gasteiger charge is 2.53. The largest absolute Gasteiger partial charge is 0.420 e. The molecule has 0 fully saturated rings. The first-order valence-corrected chi connectivity index (χ1v) is 24.1. The lowest BCUT2D eigenvalue weighted by Crippen LogP contribution is -2.31. The molecule has 0 spiro atoms. The van der Waals surface area contributed by atoms with Gasteiger partial charge in [-0.2, -0.15) is 26.3 Å². The number of anilines is 12. The topological polar surface area (TPSA) is 13.0 Å². The summed E-state index contributed by atoms with van der Waals surface area (Å²) in [6, 6.07) is 55.3. The fraction of sp³-hybridized carbons (Fsp3) is 0.0312. The van der Waals surface area contributed by atoms with Crippen molar-refractivity contribution in [2.45, 2.75) is 12.4 Å². The van der Waals surface area contributed by atoms with Gasteiger partial charge in [-0.1, -0.05) is 194 Å². The van der Waals surface area contributed by atoms with Crippen LogP contribution in [0.25, 0.3) is 48.6 Å². The summed E-state index contributed by atoms with van der Waals surface area (Å²) in [5, 5.41) is 0. The summed E-state index contributed by atoms with van der Waals surface area (Å²) in [6.45, 7) is 0. The van der Waals surface area contributed by atoms with Gasteiger partial charge in [0.1, 0.15) is 11.1 Å². The van der Waals surface area contributed by atoms with Gasteiger partial charge < -0.3 is 19.6 Å². The Labute approximate surface area is 423 Å². The van der Waals surface area contributed by atoms with Crippen LogP contribution in [-0.2, 0) is 12.4 Å². The number of benzene rings is 9. The van der Waals surface area contributed by atoms with Crippen LogP contribution < -0.4 is 19.6 Å². The van der Waals surface area contributed by atoms with Crippen LogP contribution in [0.15, 0.2) is 194 Å². The molecule has 0 radical (unpaired) electrons. The predicted molar refractivity (Wildman–Crippen MR) is 291 cm³/mol. The van der Waals surface area contributed by atoms with Crippen LogP contribution in [0.5, 0.6) is 0 Å². The maximum absolute atomic E-state index is 18.4. The molecule has 0 N–H and O–H groups in total. The van der Waals surface area contributed by atoms with Crippen molar-refractivity contribution in [3.8, 4) is 0 Å². The molecule has 4 aliphatic heterocycles. The lowest BCUT2D eigenvalue weighted by atomic mass is 9.91. The Morgan fingerprint density at radius 3 is 0.473 bits per heavy atom. The quantitative estimate of drug-likeness (QED) is 0.163. The van der Waals surface area contributed by atoms with E-state index in [0.29, 0.717) is 44.5 Å². The molecule has 0 saturated carbocycles. The molecule has 13 rings (SSSR count). The lowest BCUT2D eigenvalue weighted by Gasteiger charge is -2.43. The molecular weight excluding hydrogens is 939 g/mol. The highest BCUT2D eigenvalue weighted by atomic mass is 19.4. The van der Waals surface area contributed by atoms with E-state index in [1.54, 1.807) is 243 Å². The SMILES string of the molecule is FC(F)(F)c1c(N2c3ccccc3C=Cc3ccccc32)c(N2c3ccccc3C=Cc3ccccc32)c(C(F)(F)F)c(N2c3ccccc3C=Cc3ccccc32)c1N1c2ccccc2C=Cc2ccccc21. The summed E-state index contributed by atoms with van der Waals surface area (Å²) in [5.74, 6) is 0.